The zero-order chi connectivity index (χ0) is 8.85. The van der Waals surface area contributed by atoms with Crippen molar-refractivity contribution in [2.24, 2.45) is 10.9 Å². The summed E-state index contributed by atoms with van der Waals surface area (Å²) in [5.41, 5.74) is 1.03. The van der Waals surface area contributed by atoms with Crippen LogP contribution in [0.15, 0.2) is 28.2 Å². The van der Waals surface area contributed by atoms with Gasteiger partial charge in [0.2, 0.25) is 0 Å². The lowest BCUT2D eigenvalue weighted by Crippen LogP contribution is -1.92. The summed E-state index contributed by atoms with van der Waals surface area (Å²) in [5.74, 6) is 0.455. The maximum absolute atomic E-state index is 4.10. The molecule has 0 saturated carbocycles. The van der Waals surface area contributed by atoms with Crippen LogP contribution in [-0.2, 0) is 0 Å². The van der Waals surface area contributed by atoms with Crippen molar-refractivity contribution in [2.75, 3.05) is 0 Å². The highest BCUT2D eigenvalue weighted by Crippen LogP contribution is 2.06. The van der Waals surface area contributed by atoms with Gasteiger partial charge in [-0.05, 0) is 18.4 Å². The molecule has 62 valence electrons. The molecule has 0 radical (unpaired) electrons. The number of hydrogen-bond donors (Lipinski definition) is 1. The summed E-state index contributed by atoms with van der Waals surface area (Å²) in [6, 6.07) is 0. The predicted molar refractivity (Wildman–Crippen MR) is 55.2 cm³/mol. The molecule has 11 heavy (non-hydrogen) atoms. The van der Waals surface area contributed by atoms with Gasteiger partial charge in [-0.1, -0.05) is 26.5 Å². The van der Waals surface area contributed by atoms with E-state index in [9.17, 15) is 0 Å². The van der Waals surface area contributed by atoms with Crippen molar-refractivity contribution in [3.8, 4) is 0 Å². The average Bonchev–Trinajstić information content (AvgIpc) is 1.99. The van der Waals surface area contributed by atoms with Gasteiger partial charge in [0.1, 0.15) is 0 Å². The molecule has 0 atom stereocenters. The number of thiol groups is 1. The first-order valence-corrected chi connectivity index (χ1v) is 4.10. The van der Waals surface area contributed by atoms with Gasteiger partial charge in [-0.25, -0.2) is 0 Å². The molecule has 0 aliphatic heterocycles. The number of aliphatic imine (C=N–C) groups is 1. The molecule has 0 spiro atoms. The van der Waals surface area contributed by atoms with Gasteiger partial charge in [-0.3, -0.25) is 4.99 Å². The van der Waals surface area contributed by atoms with E-state index in [1.54, 1.807) is 6.21 Å². The maximum atomic E-state index is 4.10. The highest BCUT2D eigenvalue weighted by molar-refractivity contribution is 7.84. The Labute approximate surface area is 74.3 Å². The molecule has 0 fully saturated rings. The molecule has 0 heterocycles. The number of allylic oxidation sites excluding steroid dienone is 2. The van der Waals surface area contributed by atoms with Crippen molar-refractivity contribution >= 4 is 18.8 Å². The second kappa shape index (κ2) is 5.19. The van der Waals surface area contributed by atoms with Crippen LogP contribution in [0.5, 0.6) is 0 Å². The standard InChI is InChI=1S/C9H15NS/c1-5-9(11)10-6-8(4)7(2)3/h5-7,11H,4H2,1-3H3/b9-5+,10-6-. The molecule has 0 N–H and O–H groups in total. The fraction of sp³-hybridized carbons (Fsp3) is 0.444. The highest BCUT2D eigenvalue weighted by atomic mass is 32.1. The average molecular weight is 169 g/mol. The molecule has 0 aromatic heterocycles. The van der Waals surface area contributed by atoms with E-state index in [-0.39, 0.29) is 0 Å². The number of nitrogens with zero attached hydrogens (tertiary/aromatic N) is 1. The first-order chi connectivity index (χ1) is 5.07. The monoisotopic (exact) mass is 169 g/mol. The Bertz CT molecular complexity index is 190. The SMILES string of the molecule is C=C(/C=N\C(S)=C/C)C(C)C. The van der Waals surface area contributed by atoms with E-state index >= 15 is 0 Å². The van der Waals surface area contributed by atoms with Crippen LogP contribution in [0, 0.1) is 5.92 Å². The zero-order valence-corrected chi connectivity index (χ0v) is 8.23. The quantitative estimate of drug-likeness (QED) is 0.492. The molecule has 1 nitrogen and oxygen atoms in total. The van der Waals surface area contributed by atoms with Crippen LogP contribution in [0.2, 0.25) is 0 Å². The Morgan fingerprint density at radius 3 is 2.45 bits per heavy atom. The van der Waals surface area contributed by atoms with Gasteiger partial charge in [0.25, 0.3) is 0 Å². The lowest BCUT2D eigenvalue weighted by Gasteiger charge is -2.00. The molecule has 0 aromatic rings. The molecular formula is C9H15NS. The molecule has 0 aliphatic rings. The van der Waals surface area contributed by atoms with Crippen molar-refractivity contribution < 1.29 is 0 Å². The minimum absolute atomic E-state index is 0.455. The topological polar surface area (TPSA) is 12.4 Å². The summed E-state index contributed by atoms with van der Waals surface area (Å²) in [7, 11) is 0. The summed E-state index contributed by atoms with van der Waals surface area (Å²) in [4.78, 5) is 4.06. The van der Waals surface area contributed by atoms with Crippen LogP contribution in [0.3, 0.4) is 0 Å². The molecule has 0 rings (SSSR count). The third kappa shape index (κ3) is 4.85. The van der Waals surface area contributed by atoms with E-state index in [4.69, 9.17) is 0 Å². The van der Waals surface area contributed by atoms with Crippen LogP contribution < -0.4 is 0 Å². The Kier molecular flexibility index (Phi) is 4.95. The van der Waals surface area contributed by atoms with E-state index in [1.807, 2.05) is 13.0 Å². The first kappa shape index (κ1) is 10.5. The van der Waals surface area contributed by atoms with Gasteiger partial charge in [0.15, 0.2) is 0 Å². The summed E-state index contributed by atoms with van der Waals surface area (Å²) in [5, 5.41) is 0.729. The largest absolute Gasteiger partial charge is 0.250 e. The van der Waals surface area contributed by atoms with Gasteiger partial charge in [-0.15, -0.1) is 12.6 Å². The fourth-order valence-corrected chi connectivity index (χ4v) is 0.430. The van der Waals surface area contributed by atoms with Crippen molar-refractivity contribution in [1.82, 2.24) is 0 Å². The van der Waals surface area contributed by atoms with Gasteiger partial charge in [0, 0.05) is 6.21 Å². The van der Waals surface area contributed by atoms with Crippen LogP contribution >= 0.6 is 12.6 Å². The third-order valence-electron chi connectivity index (χ3n) is 1.36. The molecule has 0 saturated heterocycles. The van der Waals surface area contributed by atoms with Crippen LogP contribution in [0.1, 0.15) is 20.8 Å². The normalized spacial score (nSPS) is 13.0. The smallest absolute Gasteiger partial charge is 0.0886 e. The third-order valence-corrected chi connectivity index (χ3v) is 1.74. The Hall–Kier alpha value is -0.500. The minimum Gasteiger partial charge on any atom is -0.250 e. The maximum Gasteiger partial charge on any atom is 0.0886 e. The van der Waals surface area contributed by atoms with Crippen molar-refractivity contribution in [1.29, 1.82) is 0 Å². The van der Waals surface area contributed by atoms with Crippen LogP contribution in [0.4, 0.5) is 0 Å². The van der Waals surface area contributed by atoms with E-state index in [0.29, 0.717) is 5.92 Å². The van der Waals surface area contributed by atoms with Gasteiger partial charge < -0.3 is 0 Å². The lowest BCUT2D eigenvalue weighted by atomic mass is 10.1. The van der Waals surface area contributed by atoms with Crippen LogP contribution in [-0.4, -0.2) is 6.21 Å². The number of rotatable bonds is 3. The Morgan fingerprint density at radius 2 is 2.09 bits per heavy atom. The molecular weight excluding hydrogens is 154 g/mol. The van der Waals surface area contributed by atoms with Crippen molar-refractivity contribution in [3.63, 3.8) is 0 Å². The molecule has 0 bridgehead atoms. The second-order valence-corrected chi connectivity index (χ2v) is 3.09. The second-order valence-electron chi connectivity index (χ2n) is 2.63. The van der Waals surface area contributed by atoms with E-state index in [2.05, 4.69) is 38.0 Å². The van der Waals surface area contributed by atoms with E-state index in [0.717, 1.165) is 10.6 Å². The molecule has 0 amide bonds. The minimum atomic E-state index is 0.455. The van der Waals surface area contributed by atoms with Gasteiger partial charge in [-0.2, -0.15) is 0 Å². The van der Waals surface area contributed by atoms with Crippen molar-refractivity contribution in [2.45, 2.75) is 20.8 Å². The van der Waals surface area contributed by atoms with Crippen LogP contribution in [0.25, 0.3) is 0 Å². The zero-order valence-electron chi connectivity index (χ0n) is 7.33. The molecule has 2 heteroatoms. The fourth-order valence-electron chi connectivity index (χ4n) is 0.373. The van der Waals surface area contributed by atoms with Gasteiger partial charge >= 0.3 is 0 Å². The lowest BCUT2D eigenvalue weighted by molar-refractivity contribution is 0.810. The summed E-state index contributed by atoms with van der Waals surface area (Å²) < 4.78 is 0. The van der Waals surface area contributed by atoms with E-state index < -0.39 is 0 Å². The highest BCUT2D eigenvalue weighted by Gasteiger charge is 1.94. The molecule has 0 aromatic carbocycles. The molecule has 0 unspecified atom stereocenters. The number of hydrogen-bond acceptors (Lipinski definition) is 2. The Morgan fingerprint density at radius 1 is 1.55 bits per heavy atom. The molecule has 0 aliphatic carbocycles. The summed E-state index contributed by atoms with van der Waals surface area (Å²) >= 11 is 4.10. The summed E-state index contributed by atoms with van der Waals surface area (Å²) in [6.45, 7) is 9.92. The predicted octanol–water partition coefficient (Wildman–Crippen LogP) is 3.06. The van der Waals surface area contributed by atoms with Crippen molar-refractivity contribution in [3.05, 3.63) is 23.3 Å². The van der Waals surface area contributed by atoms with Gasteiger partial charge in [0.05, 0.1) is 5.03 Å². The Balaban J connectivity index is 4.04. The van der Waals surface area contributed by atoms with E-state index in [1.165, 1.54) is 0 Å². The summed E-state index contributed by atoms with van der Waals surface area (Å²) in [6.07, 6.45) is 3.60. The first-order valence-electron chi connectivity index (χ1n) is 3.66.